The van der Waals surface area contributed by atoms with E-state index < -0.39 is 0 Å². The summed E-state index contributed by atoms with van der Waals surface area (Å²) in [7, 11) is 1.86. The summed E-state index contributed by atoms with van der Waals surface area (Å²) in [6.07, 6.45) is 0.741. The van der Waals surface area contributed by atoms with E-state index in [-0.39, 0.29) is 11.8 Å². The molecule has 0 spiro atoms. The van der Waals surface area contributed by atoms with Crippen LogP contribution < -0.4 is 10.6 Å². The smallest absolute Gasteiger partial charge is 0.224 e. The van der Waals surface area contributed by atoms with Gasteiger partial charge in [0.2, 0.25) is 5.91 Å². The Bertz CT molecular complexity index is 633. The fraction of sp³-hybridized carbons (Fsp3) is 0.529. The average Bonchev–Trinajstić information content (AvgIpc) is 2.85. The van der Waals surface area contributed by atoms with Crippen LogP contribution in [-0.4, -0.2) is 35.6 Å². The number of amides is 1. The number of hydrogen-bond donors (Lipinski definition) is 2. The molecule has 0 aliphatic rings. The van der Waals surface area contributed by atoms with Crippen LogP contribution in [0.4, 0.5) is 0 Å². The molecular formula is C17H26N4O. The van der Waals surface area contributed by atoms with Crippen LogP contribution in [0, 0.1) is 5.92 Å². The van der Waals surface area contributed by atoms with Crippen molar-refractivity contribution in [2.24, 2.45) is 5.92 Å². The van der Waals surface area contributed by atoms with E-state index in [0.29, 0.717) is 19.1 Å². The van der Waals surface area contributed by atoms with E-state index >= 15 is 0 Å². The molecule has 1 unspecified atom stereocenters. The Morgan fingerprint density at radius 1 is 1.27 bits per heavy atom. The van der Waals surface area contributed by atoms with E-state index in [1.807, 2.05) is 32.2 Å². The number of aromatic nitrogens is 2. The first-order valence-corrected chi connectivity index (χ1v) is 7.92. The molecule has 120 valence electrons. The molecule has 0 radical (unpaired) electrons. The van der Waals surface area contributed by atoms with Gasteiger partial charge in [0.1, 0.15) is 5.82 Å². The third-order valence-electron chi connectivity index (χ3n) is 3.79. The molecule has 0 saturated heterocycles. The number of benzene rings is 1. The van der Waals surface area contributed by atoms with Crippen LogP contribution in [0.2, 0.25) is 0 Å². The maximum absolute atomic E-state index is 11.9. The van der Waals surface area contributed by atoms with Gasteiger partial charge in [0.15, 0.2) is 0 Å². The highest BCUT2D eigenvalue weighted by atomic mass is 16.1. The number of carbonyl (C=O) groups excluding carboxylic acids is 1. The molecule has 2 N–H and O–H groups in total. The molecule has 2 rings (SSSR count). The quantitative estimate of drug-likeness (QED) is 0.824. The first-order valence-electron chi connectivity index (χ1n) is 7.92. The highest BCUT2D eigenvalue weighted by molar-refractivity contribution is 5.78. The summed E-state index contributed by atoms with van der Waals surface area (Å²) in [5.41, 5.74) is 2.17. The van der Waals surface area contributed by atoms with E-state index in [1.165, 1.54) is 0 Å². The van der Waals surface area contributed by atoms with Gasteiger partial charge in [-0.05, 0) is 33.0 Å². The summed E-state index contributed by atoms with van der Waals surface area (Å²) in [4.78, 5) is 16.6. The third kappa shape index (κ3) is 3.65. The largest absolute Gasteiger partial charge is 0.355 e. The Morgan fingerprint density at radius 2 is 2.00 bits per heavy atom. The summed E-state index contributed by atoms with van der Waals surface area (Å²) in [5.74, 6) is 1.09. The second-order valence-corrected chi connectivity index (χ2v) is 5.98. The number of carbonyl (C=O) groups is 1. The van der Waals surface area contributed by atoms with Crippen molar-refractivity contribution in [1.29, 1.82) is 0 Å². The van der Waals surface area contributed by atoms with Crippen molar-refractivity contribution in [1.82, 2.24) is 20.2 Å². The molecule has 0 aliphatic heterocycles. The topological polar surface area (TPSA) is 59.0 Å². The van der Waals surface area contributed by atoms with Gasteiger partial charge >= 0.3 is 0 Å². The summed E-state index contributed by atoms with van der Waals surface area (Å²) in [5, 5.41) is 6.01. The standard InChI is InChI=1S/C17H26N4O/c1-12(2)21-15-8-6-5-7-14(15)20-16(21)9-10-19-17(22)13(3)11-18-4/h5-8,12-13,18H,9-11H2,1-4H3,(H,19,22). The Balaban J connectivity index is 2.05. The van der Waals surface area contributed by atoms with Crippen LogP contribution in [0.25, 0.3) is 11.0 Å². The number of hydrogen-bond acceptors (Lipinski definition) is 3. The zero-order valence-electron chi connectivity index (χ0n) is 13.9. The van der Waals surface area contributed by atoms with Crippen LogP contribution >= 0.6 is 0 Å². The molecule has 0 bridgehead atoms. The summed E-state index contributed by atoms with van der Waals surface area (Å²) in [6, 6.07) is 8.52. The maximum Gasteiger partial charge on any atom is 0.224 e. The van der Waals surface area contributed by atoms with Crippen molar-refractivity contribution in [2.45, 2.75) is 33.2 Å². The number of nitrogens with one attached hydrogen (secondary N) is 2. The molecule has 1 heterocycles. The van der Waals surface area contributed by atoms with E-state index in [4.69, 9.17) is 4.98 Å². The fourth-order valence-corrected chi connectivity index (χ4v) is 2.72. The second kappa shape index (κ2) is 7.40. The van der Waals surface area contributed by atoms with E-state index in [1.54, 1.807) is 0 Å². The predicted molar refractivity (Wildman–Crippen MR) is 89.9 cm³/mol. The first-order chi connectivity index (χ1) is 10.5. The molecule has 5 nitrogen and oxygen atoms in total. The summed E-state index contributed by atoms with van der Waals surface area (Å²) in [6.45, 7) is 7.55. The number of nitrogens with zero attached hydrogens (tertiary/aromatic N) is 2. The van der Waals surface area contributed by atoms with Gasteiger partial charge in [-0.1, -0.05) is 19.1 Å². The van der Waals surface area contributed by atoms with Crippen molar-refractivity contribution in [3.8, 4) is 0 Å². The zero-order valence-corrected chi connectivity index (χ0v) is 13.9. The average molecular weight is 302 g/mol. The van der Waals surface area contributed by atoms with Gasteiger partial charge in [0, 0.05) is 31.5 Å². The van der Waals surface area contributed by atoms with E-state index in [2.05, 4.69) is 35.1 Å². The van der Waals surface area contributed by atoms with E-state index in [0.717, 1.165) is 23.3 Å². The monoisotopic (exact) mass is 302 g/mol. The van der Waals surface area contributed by atoms with Gasteiger partial charge in [0.05, 0.1) is 11.0 Å². The maximum atomic E-state index is 11.9. The van der Waals surface area contributed by atoms with Gasteiger partial charge in [-0.25, -0.2) is 4.98 Å². The van der Waals surface area contributed by atoms with Gasteiger partial charge < -0.3 is 15.2 Å². The van der Waals surface area contributed by atoms with Gasteiger partial charge in [-0.15, -0.1) is 0 Å². The van der Waals surface area contributed by atoms with Gasteiger partial charge in [-0.2, -0.15) is 0 Å². The second-order valence-electron chi connectivity index (χ2n) is 5.98. The number of imidazole rings is 1. The lowest BCUT2D eigenvalue weighted by Gasteiger charge is -2.14. The fourth-order valence-electron chi connectivity index (χ4n) is 2.72. The molecule has 1 atom stereocenters. The highest BCUT2D eigenvalue weighted by Gasteiger charge is 2.14. The Kier molecular flexibility index (Phi) is 5.55. The van der Waals surface area contributed by atoms with Crippen molar-refractivity contribution < 1.29 is 4.79 Å². The molecule has 2 aromatic rings. The molecule has 1 amide bonds. The lowest BCUT2D eigenvalue weighted by molar-refractivity contribution is -0.124. The minimum absolute atomic E-state index is 0.0195. The summed E-state index contributed by atoms with van der Waals surface area (Å²) >= 11 is 0. The van der Waals surface area contributed by atoms with Crippen molar-refractivity contribution in [3.05, 3.63) is 30.1 Å². The minimum atomic E-state index is -0.0195. The first kappa shape index (κ1) is 16.5. The number of para-hydroxylation sites is 2. The molecule has 0 saturated carbocycles. The lowest BCUT2D eigenvalue weighted by atomic mass is 10.1. The van der Waals surface area contributed by atoms with Crippen LogP contribution in [0.5, 0.6) is 0 Å². The normalized spacial score (nSPS) is 12.8. The Hall–Kier alpha value is -1.88. The van der Waals surface area contributed by atoms with E-state index in [9.17, 15) is 4.79 Å². The van der Waals surface area contributed by atoms with Crippen LogP contribution in [0.15, 0.2) is 24.3 Å². The molecule has 1 aromatic carbocycles. The van der Waals surface area contributed by atoms with Crippen molar-refractivity contribution in [2.75, 3.05) is 20.1 Å². The number of rotatable bonds is 7. The van der Waals surface area contributed by atoms with Gasteiger partial charge in [-0.3, -0.25) is 4.79 Å². The number of fused-ring (bicyclic) bond motifs is 1. The van der Waals surface area contributed by atoms with Gasteiger partial charge in [0.25, 0.3) is 0 Å². The summed E-state index contributed by atoms with van der Waals surface area (Å²) < 4.78 is 2.25. The van der Waals surface area contributed by atoms with Crippen LogP contribution in [0.3, 0.4) is 0 Å². The van der Waals surface area contributed by atoms with Crippen molar-refractivity contribution >= 4 is 16.9 Å². The minimum Gasteiger partial charge on any atom is -0.355 e. The Morgan fingerprint density at radius 3 is 2.68 bits per heavy atom. The van der Waals surface area contributed by atoms with Crippen LogP contribution in [-0.2, 0) is 11.2 Å². The molecule has 1 aromatic heterocycles. The van der Waals surface area contributed by atoms with Crippen LogP contribution in [0.1, 0.15) is 32.6 Å². The third-order valence-corrected chi connectivity index (χ3v) is 3.79. The molecular weight excluding hydrogens is 276 g/mol. The molecule has 0 fully saturated rings. The molecule has 22 heavy (non-hydrogen) atoms. The predicted octanol–water partition coefficient (Wildman–Crippen LogP) is 2.13. The molecule has 0 aliphatic carbocycles. The van der Waals surface area contributed by atoms with Crippen molar-refractivity contribution in [3.63, 3.8) is 0 Å². The highest BCUT2D eigenvalue weighted by Crippen LogP contribution is 2.20. The SMILES string of the molecule is CNCC(C)C(=O)NCCc1nc2ccccc2n1C(C)C. The Labute approximate surface area is 132 Å². The molecule has 5 heteroatoms. The lowest BCUT2D eigenvalue weighted by Crippen LogP contribution is -2.35. The zero-order chi connectivity index (χ0) is 16.1.